The minimum absolute atomic E-state index is 0.262. The quantitative estimate of drug-likeness (QED) is 0.649. The van der Waals surface area contributed by atoms with Crippen LogP contribution in [0.5, 0.6) is 0 Å². The highest BCUT2D eigenvalue weighted by molar-refractivity contribution is 6.30. The molecule has 2 aliphatic rings. The molecule has 3 aromatic heterocycles. The molecule has 1 unspecified atom stereocenters. The summed E-state index contributed by atoms with van der Waals surface area (Å²) >= 11 is 6.25. The van der Waals surface area contributed by atoms with Gasteiger partial charge in [0.05, 0.1) is 5.52 Å². The molecule has 2 saturated heterocycles. The average Bonchev–Trinajstić information content (AvgIpc) is 3.29. The number of halogens is 1. The van der Waals surface area contributed by atoms with E-state index in [1.165, 1.54) is 0 Å². The van der Waals surface area contributed by atoms with Crippen LogP contribution in [0, 0.1) is 5.41 Å². The molecule has 0 aliphatic carbocycles. The van der Waals surface area contributed by atoms with Gasteiger partial charge in [-0.25, -0.2) is 15.0 Å². The van der Waals surface area contributed by atoms with E-state index in [4.69, 9.17) is 11.6 Å². The molecular formula is C19H19ClN6. The van der Waals surface area contributed by atoms with Crippen LogP contribution < -0.4 is 9.80 Å². The van der Waals surface area contributed by atoms with E-state index in [2.05, 4.69) is 35.8 Å². The van der Waals surface area contributed by atoms with E-state index < -0.39 is 0 Å². The molecule has 2 fully saturated rings. The van der Waals surface area contributed by atoms with Gasteiger partial charge in [0.1, 0.15) is 11.0 Å². The summed E-state index contributed by atoms with van der Waals surface area (Å²) in [5.41, 5.74) is 1.16. The molecule has 132 valence electrons. The van der Waals surface area contributed by atoms with E-state index in [9.17, 15) is 0 Å². The topological polar surface area (TPSA) is 58.0 Å². The Morgan fingerprint density at radius 3 is 2.50 bits per heavy atom. The van der Waals surface area contributed by atoms with Crippen LogP contribution in [-0.2, 0) is 0 Å². The number of hydrogen-bond donors (Lipinski definition) is 0. The average molecular weight is 367 g/mol. The Kier molecular flexibility index (Phi) is 3.67. The Hall–Kier alpha value is -2.47. The summed E-state index contributed by atoms with van der Waals surface area (Å²) in [6.07, 6.45) is 7.71. The van der Waals surface area contributed by atoms with Gasteiger partial charge >= 0.3 is 0 Å². The molecule has 0 saturated carbocycles. The standard InChI is InChI=1S/C19H19ClN6/c20-16-11-15-14(3-1-6-21-15)17(24-16)25-9-4-19(12-25)5-10-26(13-19)18-22-7-2-8-23-18/h1-3,6-8,11H,4-5,9-10,12-13H2. The lowest BCUT2D eigenvalue weighted by molar-refractivity contribution is 0.373. The van der Waals surface area contributed by atoms with Gasteiger partial charge in [-0.3, -0.25) is 4.98 Å². The molecule has 1 spiro atoms. The Labute approximate surface area is 156 Å². The highest BCUT2D eigenvalue weighted by Crippen LogP contribution is 2.42. The number of nitrogens with zero attached hydrogens (tertiary/aromatic N) is 6. The summed E-state index contributed by atoms with van der Waals surface area (Å²) in [5, 5.41) is 1.56. The number of anilines is 2. The van der Waals surface area contributed by atoms with Gasteiger partial charge in [-0.15, -0.1) is 0 Å². The van der Waals surface area contributed by atoms with E-state index in [0.29, 0.717) is 5.15 Å². The fraction of sp³-hybridized carbons (Fsp3) is 0.368. The van der Waals surface area contributed by atoms with Crippen LogP contribution in [0.4, 0.5) is 11.8 Å². The second kappa shape index (κ2) is 6.06. The van der Waals surface area contributed by atoms with Gasteiger partial charge in [-0.05, 0) is 31.0 Å². The van der Waals surface area contributed by atoms with Crippen LogP contribution in [0.1, 0.15) is 12.8 Å². The van der Waals surface area contributed by atoms with Crippen molar-refractivity contribution in [3.05, 3.63) is 48.0 Å². The lowest BCUT2D eigenvalue weighted by Gasteiger charge is -2.25. The number of fused-ring (bicyclic) bond motifs is 1. The molecule has 2 aliphatic heterocycles. The van der Waals surface area contributed by atoms with Crippen LogP contribution >= 0.6 is 11.6 Å². The van der Waals surface area contributed by atoms with Crippen LogP contribution in [-0.4, -0.2) is 46.1 Å². The van der Waals surface area contributed by atoms with E-state index in [-0.39, 0.29) is 5.41 Å². The molecule has 5 heterocycles. The largest absolute Gasteiger partial charge is 0.355 e. The third kappa shape index (κ3) is 2.65. The van der Waals surface area contributed by atoms with Gasteiger partial charge in [0.2, 0.25) is 5.95 Å². The minimum atomic E-state index is 0.262. The summed E-state index contributed by atoms with van der Waals surface area (Å²) < 4.78 is 0. The van der Waals surface area contributed by atoms with Crippen LogP contribution in [0.2, 0.25) is 5.15 Å². The first-order valence-corrected chi connectivity index (χ1v) is 9.29. The van der Waals surface area contributed by atoms with Gasteiger partial charge in [0, 0.05) is 61.6 Å². The molecular weight excluding hydrogens is 348 g/mol. The Morgan fingerprint density at radius 2 is 1.65 bits per heavy atom. The maximum Gasteiger partial charge on any atom is 0.225 e. The monoisotopic (exact) mass is 366 g/mol. The molecule has 1 atom stereocenters. The fourth-order valence-electron chi connectivity index (χ4n) is 4.28. The van der Waals surface area contributed by atoms with Crippen molar-refractivity contribution >= 4 is 34.3 Å². The van der Waals surface area contributed by atoms with Crippen LogP contribution in [0.15, 0.2) is 42.9 Å². The predicted octanol–water partition coefficient (Wildman–Crippen LogP) is 3.18. The lowest BCUT2D eigenvalue weighted by atomic mass is 9.86. The maximum atomic E-state index is 6.25. The zero-order valence-electron chi connectivity index (χ0n) is 14.3. The summed E-state index contributed by atoms with van der Waals surface area (Å²) in [4.78, 5) is 22.5. The zero-order chi connectivity index (χ0) is 17.6. The Morgan fingerprint density at radius 1 is 0.923 bits per heavy atom. The molecule has 0 aromatic carbocycles. The fourth-order valence-corrected chi connectivity index (χ4v) is 4.46. The first-order valence-electron chi connectivity index (χ1n) is 8.91. The predicted molar refractivity (Wildman–Crippen MR) is 103 cm³/mol. The van der Waals surface area contributed by atoms with Crippen molar-refractivity contribution in [3.8, 4) is 0 Å². The van der Waals surface area contributed by atoms with Crippen molar-refractivity contribution in [2.75, 3.05) is 36.0 Å². The molecule has 5 rings (SSSR count). The van der Waals surface area contributed by atoms with Crippen LogP contribution in [0.3, 0.4) is 0 Å². The summed E-state index contributed by atoms with van der Waals surface area (Å²) in [7, 11) is 0. The molecule has 0 radical (unpaired) electrons. The van der Waals surface area contributed by atoms with Gasteiger partial charge in [0.25, 0.3) is 0 Å². The van der Waals surface area contributed by atoms with E-state index in [1.54, 1.807) is 6.20 Å². The number of rotatable bonds is 2. The number of pyridine rings is 2. The number of aromatic nitrogens is 4. The Bertz CT molecular complexity index is 949. The molecule has 26 heavy (non-hydrogen) atoms. The van der Waals surface area contributed by atoms with Gasteiger partial charge in [0.15, 0.2) is 0 Å². The highest BCUT2D eigenvalue weighted by atomic mass is 35.5. The van der Waals surface area contributed by atoms with Crippen molar-refractivity contribution in [3.63, 3.8) is 0 Å². The third-order valence-corrected chi connectivity index (χ3v) is 5.75. The summed E-state index contributed by atoms with van der Waals surface area (Å²) in [5.74, 6) is 1.78. The van der Waals surface area contributed by atoms with Crippen molar-refractivity contribution in [1.29, 1.82) is 0 Å². The summed E-state index contributed by atoms with van der Waals surface area (Å²) in [6, 6.07) is 7.72. The van der Waals surface area contributed by atoms with E-state index >= 15 is 0 Å². The first kappa shape index (κ1) is 15.8. The molecule has 0 amide bonds. The molecule has 0 N–H and O–H groups in total. The lowest BCUT2D eigenvalue weighted by Crippen LogP contribution is -2.31. The van der Waals surface area contributed by atoms with Crippen molar-refractivity contribution in [1.82, 2.24) is 19.9 Å². The Balaban J connectivity index is 1.42. The minimum Gasteiger partial charge on any atom is -0.355 e. The van der Waals surface area contributed by atoms with Crippen molar-refractivity contribution < 1.29 is 0 Å². The van der Waals surface area contributed by atoms with Crippen molar-refractivity contribution in [2.45, 2.75) is 12.8 Å². The molecule has 7 heteroatoms. The number of hydrogen-bond acceptors (Lipinski definition) is 6. The molecule has 6 nitrogen and oxygen atoms in total. The maximum absolute atomic E-state index is 6.25. The zero-order valence-corrected chi connectivity index (χ0v) is 15.1. The van der Waals surface area contributed by atoms with Crippen molar-refractivity contribution in [2.24, 2.45) is 5.41 Å². The normalized spacial score (nSPS) is 22.7. The third-order valence-electron chi connectivity index (χ3n) is 5.56. The highest BCUT2D eigenvalue weighted by Gasteiger charge is 2.44. The SMILES string of the molecule is Clc1cc2ncccc2c(N2CCC3(CCN(c4ncccn4)C3)C2)n1. The molecule has 0 bridgehead atoms. The first-order chi connectivity index (χ1) is 12.7. The second-order valence-electron chi connectivity index (χ2n) is 7.23. The summed E-state index contributed by atoms with van der Waals surface area (Å²) in [6.45, 7) is 3.96. The molecule has 3 aromatic rings. The smallest absolute Gasteiger partial charge is 0.225 e. The second-order valence-corrected chi connectivity index (χ2v) is 7.62. The van der Waals surface area contributed by atoms with Crippen LogP contribution in [0.25, 0.3) is 10.9 Å². The van der Waals surface area contributed by atoms with Gasteiger partial charge in [-0.2, -0.15) is 0 Å². The van der Waals surface area contributed by atoms with Gasteiger partial charge in [-0.1, -0.05) is 11.6 Å². The van der Waals surface area contributed by atoms with E-state index in [0.717, 1.165) is 61.7 Å². The van der Waals surface area contributed by atoms with Gasteiger partial charge < -0.3 is 9.80 Å². The van der Waals surface area contributed by atoms with E-state index in [1.807, 2.05) is 30.6 Å².